The van der Waals surface area contributed by atoms with Crippen LogP contribution in [0, 0.1) is 5.92 Å². The van der Waals surface area contributed by atoms with Crippen molar-refractivity contribution in [1.29, 1.82) is 0 Å². The van der Waals surface area contributed by atoms with Gasteiger partial charge in [0.1, 0.15) is 54.7 Å². The number of phenolic OH excluding ortho intramolecular Hbond substituents is 2. The van der Waals surface area contributed by atoms with E-state index >= 15 is 0 Å². The van der Waals surface area contributed by atoms with E-state index in [9.17, 15) is 50.4 Å². The number of carbonyl (C=O) groups is 2. The molecule has 350 valence electrons. The third kappa shape index (κ3) is 14.1. The quantitative estimate of drug-likeness (QED) is 0.0354. The van der Waals surface area contributed by atoms with E-state index in [0.717, 1.165) is 68.7 Å². The molecule has 1 spiro atoms. The Bertz CT molecular complexity index is 1800. The lowest BCUT2D eigenvalue weighted by molar-refractivity contribution is -0.395. The lowest BCUT2D eigenvalue weighted by Crippen LogP contribution is -2.67. The Kier molecular flexibility index (Phi) is 20.7. The predicted octanol–water partition coefficient (Wildman–Crippen LogP) is 4.07. The molecule has 0 amide bonds. The number of aromatic hydroxyl groups is 2. The van der Waals surface area contributed by atoms with Crippen LogP contribution >= 0.6 is 0 Å². The van der Waals surface area contributed by atoms with Gasteiger partial charge < -0.3 is 69.3 Å². The Morgan fingerprint density at radius 3 is 2.32 bits per heavy atom. The van der Waals surface area contributed by atoms with Crippen molar-refractivity contribution in [2.45, 2.75) is 153 Å². The predicted molar refractivity (Wildman–Crippen MR) is 230 cm³/mol. The fourth-order valence-corrected chi connectivity index (χ4v) is 7.32. The number of unbranched alkanes of at least 4 members (excludes halogenated alkanes) is 3. The highest BCUT2D eigenvalue weighted by Gasteiger charge is 2.63. The summed E-state index contributed by atoms with van der Waals surface area (Å²) >= 11 is 0. The monoisotopic (exact) mass is 886 g/mol. The van der Waals surface area contributed by atoms with Gasteiger partial charge in [0.2, 0.25) is 5.79 Å². The number of aliphatic hydroxyl groups excluding tert-OH is 6. The highest BCUT2D eigenvalue weighted by Crippen LogP contribution is 2.51. The van der Waals surface area contributed by atoms with Crippen molar-refractivity contribution < 1.29 is 78.9 Å². The Morgan fingerprint density at radius 2 is 1.60 bits per heavy atom. The number of benzene rings is 1. The number of ether oxygens (including phenoxy) is 6. The van der Waals surface area contributed by atoms with Gasteiger partial charge in [0.15, 0.2) is 18.5 Å². The van der Waals surface area contributed by atoms with E-state index in [1.54, 1.807) is 12.2 Å². The molecule has 16 heteroatoms. The third-order valence-electron chi connectivity index (χ3n) is 11.3. The summed E-state index contributed by atoms with van der Waals surface area (Å²) in [7, 11) is 0. The molecule has 4 rings (SSSR count). The normalized spacial score (nSPS) is 30.0. The Morgan fingerprint density at radius 1 is 0.889 bits per heavy atom. The highest BCUT2D eigenvalue weighted by molar-refractivity contribution is 5.82. The molecule has 2 saturated heterocycles. The van der Waals surface area contributed by atoms with Gasteiger partial charge in [-0.15, -0.1) is 0 Å². The van der Waals surface area contributed by atoms with Gasteiger partial charge in [-0.2, -0.15) is 0 Å². The summed E-state index contributed by atoms with van der Waals surface area (Å²) in [6.45, 7) is 6.54. The number of hydrogen-bond acceptors (Lipinski definition) is 16. The molecule has 0 aliphatic carbocycles. The van der Waals surface area contributed by atoms with Crippen LogP contribution in [0.15, 0.2) is 84.5 Å². The maximum Gasteiger partial charge on any atom is 0.331 e. The summed E-state index contributed by atoms with van der Waals surface area (Å²) in [5.41, 5.74) is 0.867. The molecule has 16 nitrogen and oxygen atoms in total. The number of aliphatic hydroxyl groups is 6. The standard InChI is InChI=1S/C47H66O16/c1-5-7-8-9-10-11-17-22-37(52)58-28-36-40(54)41(55)42(56)46(60-36)62-43-35(26-48)63-47(39-31(27-59-47)24-32(49)25-34(39)51)45(57)44(43)61-38(53)23-18-13-16-21-33(50)30(4)20-15-12-14-19-29(3)6-2/h10-13,15-18,20,22-25,29,33,35-36,40-46,48-51,54-57H,5-9,14,19,21,26-28H2,1-4H3/t29-,33+,35-,36+,40+,41+,42+,43+,44-,45-,46-,47+/m1/s1. The fraction of sp³-hybridized carbons (Fsp3) is 0.574. The number of esters is 2. The van der Waals surface area contributed by atoms with Gasteiger partial charge in [0.25, 0.3) is 0 Å². The smallest absolute Gasteiger partial charge is 0.331 e. The molecule has 1 aromatic rings. The summed E-state index contributed by atoms with van der Waals surface area (Å²) in [5.74, 6) is -4.26. The van der Waals surface area contributed by atoms with E-state index in [2.05, 4.69) is 26.8 Å². The summed E-state index contributed by atoms with van der Waals surface area (Å²) < 4.78 is 34.8. The molecule has 12 atom stereocenters. The first-order valence-corrected chi connectivity index (χ1v) is 21.7. The number of allylic oxidation sites excluding steroid dienone is 8. The summed E-state index contributed by atoms with van der Waals surface area (Å²) in [6.07, 6.45) is 8.36. The second kappa shape index (κ2) is 25.3. The van der Waals surface area contributed by atoms with Gasteiger partial charge in [0, 0.05) is 18.2 Å². The largest absolute Gasteiger partial charge is 0.508 e. The number of rotatable bonds is 22. The lowest BCUT2D eigenvalue weighted by Gasteiger charge is -2.50. The number of fused-ring (bicyclic) bond motifs is 2. The molecular weight excluding hydrogens is 821 g/mol. The first-order chi connectivity index (χ1) is 30.2. The first kappa shape index (κ1) is 51.4. The van der Waals surface area contributed by atoms with Crippen molar-refractivity contribution in [2.75, 3.05) is 13.2 Å². The number of phenols is 2. The van der Waals surface area contributed by atoms with Crippen LogP contribution in [-0.4, -0.2) is 127 Å². The van der Waals surface area contributed by atoms with E-state index in [0.29, 0.717) is 5.92 Å². The molecule has 0 bridgehead atoms. The number of hydrogen-bond donors (Lipinski definition) is 8. The molecule has 0 radical (unpaired) electrons. The van der Waals surface area contributed by atoms with E-state index in [-0.39, 0.29) is 29.9 Å². The zero-order valence-electron chi connectivity index (χ0n) is 36.5. The van der Waals surface area contributed by atoms with Crippen LogP contribution in [0.25, 0.3) is 0 Å². The lowest BCUT2D eigenvalue weighted by atomic mass is 9.86. The van der Waals surface area contributed by atoms with Crippen LogP contribution in [0.5, 0.6) is 11.5 Å². The maximum absolute atomic E-state index is 13.4. The average molecular weight is 887 g/mol. The van der Waals surface area contributed by atoms with Gasteiger partial charge in [-0.1, -0.05) is 94.7 Å². The molecule has 3 aliphatic heterocycles. The fourth-order valence-electron chi connectivity index (χ4n) is 7.32. The molecule has 8 N–H and O–H groups in total. The van der Waals surface area contributed by atoms with Crippen molar-refractivity contribution in [3.63, 3.8) is 0 Å². The Labute approximate surface area is 369 Å². The molecule has 0 aromatic heterocycles. The molecular formula is C47H66O16. The van der Waals surface area contributed by atoms with Crippen LogP contribution in [0.1, 0.15) is 90.2 Å². The minimum atomic E-state index is -2.27. The maximum atomic E-state index is 13.4. The van der Waals surface area contributed by atoms with E-state index in [1.165, 1.54) is 24.3 Å². The first-order valence-electron chi connectivity index (χ1n) is 21.7. The van der Waals surface area contributed by atoms with Gasteiger partial charge in [-0.05, 0) is 62.1 Å². The topological polar surface area (TPSA) is 251 Å². The average Bonchev–Trinajstić information content (AvgIpc) is 3.63. The van der Waals surface area contributed by atoms with E-state index in [4.69, 9.17) is 28.4 Å². The zero-order valence-corrected chi connectivity index (χ0v) is 36.5. The van der Waals surface area contributed by atoms with Crippen LogP contribution in [-0.2, 0) is 50.4 Å². The highest BCUT2D eigenvalue weighted by atomic mass is 16.8. The number of carbonyl (C=O) groups excluding carboxylic acids is 2. The third-order valence-corrected chi connectivity index (χ3v) is 11.3. The Balaban J connectivity index is 1.50. The van der Waals surface area contributed by atoms with Crippen molar-refractivity contribution in [1.82, 2.24) is 0 Å². The van der Waals surface area contributed by atoms with Crippen molar-refractivity contribution in [3.8, 4) is 11.5 Å². The SMILES string of the molecule is CCCCCC=CC=CC(=O)OC[C@@H]1O[C@H](O[C@@H]2[C@@H](OC(=O)C=CC=CC[C@H](O)C(C)=CC=CCC[C@H](C)CC)[C@@H](O)[C@@]3(OCc4cc(O)cc(O)c43)O[C@@H]2CO)[C@@H](O)[C@@H](O)[C@H]1O. The van der Waals surface area contributed by atoms with E-state index < -0.39 is 97.9 Å². The molecule has 0 saturated carbocycles. The van der Waals surface area contributed by atoms with E-state index in [1.807, 2.05) is 25.2 Å². The van der Waals surface area contributed by atoms with Gasteiger partial charge in [-0.3, -0.25) is 0 Å². The molecule has 63 heavy (non-hydrogen) atoms. The summed E-state index contributed by atoms with van der Waals surface area (Å²) in [5, 5.41) is 86.7. The molecule has 1 aromatic carbocycles. The van der Waals surface area contributed by atoms with Crippen molar-refractivity contribution in [2.24, 2.45) is 5.92 Å². The molecule has 3 aliphatic rings. The Hall–Kier alpha value is -4.20. The molecule has 3 heterocycles. The minimum Gasteiger partial charge on any atom is -0.508 e. The second-order valence-electron chi connectivity index (χ2n) is 16.1. The van der Waals surface area contributed by atoms with Gasteiger partial charge >= 0.3 is 11.9 Å². The van der Waals surface area contributed by atoms with Crippen molar-refractivity contribution in [3.05, 3.63) is 95.7 Å². The second-order valence-corrected chi connectivity index (χ2v) is 16.1. The van der Waals surface area contributed by atoms with Crippen LogP contribution in [0.4, 0.5) is 0 Å². The summed E-state index contributed by atoms with van der Waals surface area (Å²) in [6, 6.07) is 2.27. The van der Waals surface area contributed by atoms with Crippen LogP contribution in [0.2, 0.25) is 0 Å². The summed E-state index contributed by atoms with van der Waals surface area (Å²) in [4.78, 5) is 25.8. The minimum absolute atomic E-state index is 0.107. The van der Waals surface area contributed by atoms with Crippen LogP contribution < -0.4 is 0 Å². The zero-order chi connectivity index (χ0) is 46.1. The van der Waals surface area contributed by atoms with Crippen LogP contribution in [0.3, 0.4) is 0 Å². The molecule has 2 fully saturated rings. The van der Waals surface area contributed by atoms with Crippen molar-refractivity contribution >= 4 is 11.9 Å². The van der Waals surface area contributed by atoms with Gasteiger partial charge in [-0.25, -0.2) is 9.59 Å². The van der Waals surface area contributed by atoms with Gasteiger partial charge in [0.05, 0.1) is 24.9 Å². The molecule has 0 unspecified atom stereocenters.